The van der Waals surface area contributed by atoms with Gasteiger partial charge in [-0.2, -0.15) is 0 Å². The zero-order valence-electron chi connectivity index (χ0n) is 18.3. The van der Waals surface area contributed by atoms with E-state index >= 15 is 0 Å². The molecule has 0 unspecified atom stereocenters. The van der Waals surface area contributed by atoms with Gasteiger partial charge in [-0.3, -0.25) is 4.90 Å². The first kappa shape index (κ1) is 21.6. The first-order valence-electron chi connectivity index (χ1n) is 11.7. The third-order valence-electron chi connectivity index (χ3n) is 6.81. The van der Waals surface area contributed by atoms with Crippen LogP contribution in [0.2, 0.25) is 0 Å². The van der Waals surface area contributed by atoms with Crippen LogP contribution in [0.5, 0.6) is 5.75 Å². The van der Waals surface area contributed by atoms with Gasteiger partial charge in [0.25, 0.3) is 0 Å². The Morgan fingerprint density at radius 2 is 1.54 bits per heavy atom. The molecular formula is C25H41NO2. The van der Waals surface area contributed by atoms with Crippen molar-refractivity contribution in [3.05, 3.63) is 29.3 Å². The topological polar surface area (TPSA) is 32.7 Å². The minimum atomic E-state index is -0.422. The highest BCUT2D eigenvalue weighted by Crippen LogP contribution is 2.30. The standard InChI is InChI=1S/C25H41NO2/c1-19(2)25-15-14-24(16-20(25)3)28-18-23(27)17-26(21-10-6-4-7-11-21)22-12-8-5-9-13-22/h14-16,19,21-23,27H,4-13,17-18H2,1-3H3/t23-/m1/s1. The van der Waals surface area contributed by atoms with E-state index in [1.165, 1.54) is 75.3 Å². The predicted octanol–water partition coefficient (Wildman–Crippen LogP) is 5.83. The summed E-state index contributed by atoms with van der Waals surface area (Å²) < 4.78 is 5.98. The van der Waals surface area contributed by atoms with Crippen molar-refractivity contribution in [3.63, 3.8) is 0 Å². The fourth-order valence-electron chi connectivity index (χ4n) is 5.30. The molecule has 0 aliphatic heterocycles. The zero-order chi connectivity index (χ0) is 19.9. The van der Waals surface area contributed by atoms with E-state index in [0.29, 0.717) is 24.6 Å². The highest BCUT2D eigenvalue weighted by molar-refractivity contribution is 5.36. The molecule has 0 saturated heterocycles. The minimum absolute atomic E-state index is 0.385. The number of hydrogen-bond acceptors (Lipinski definition) is 3. The van der Waals surface area contributed by atoms with Crippen molar-refractivity contribution < 1.29 is 9.84 Å². The van der Waals surface area contributed by atoms with Crippen molar-refractivity contribution in [2.24, 2.45) is 0 Å². The van der Waals surface area contributed by atoms with Crippen LogP contribution in [0, 0.1) is 6.92 Å². The van der Waals surface area contributed by atoms with Crippen molar-refractivity contribution >= 4 is 0 Å². The van der Waals surface area contributed by atoms with Crippen molar-refractivity contribution in [3.8, 4) is 5.75 Å². The molecule has 3 heteroatoms. The van der Waals surface area contributed by atoms with Crippen molar-refractivity contribution in [1.29, 1.82) is 0 Å². The Labute approximate surface area is 172 Å². The lowest BCUT2D eigenvalue weighted by atomic mass is 9.88. The Hall–Kier alpha value is -1.06. The Morgan fingerprint density at radius 1 is 0.964 bits per heavy atom. The lowest BCUT2D eigenvalue weighted by molar-refractivity contribution is 0.0117. The first-order chi connectivity index (χ1) is 13.5. The monoisotopic (exact) mass is 387 g/mol. The van der Waals surface area contributed by atoms with Crippen LogP contribution in [0.3, 0.4) is 0 Å². The average molecular weight is 388 g/mol. The van der Waals surface area contributed by atoms with E-state index in [9.17, 15) is 5.11 Å². The molecule has 0 aromatic heterocycles. The fraction of sp³-hybridized carbons (Fsp3) is 0.760. The molecule has 3 nitrogen and oxygen atoms in total. The van der Waals surface area contributed by atoms with Crippen LogP contribution in [-0.2, 0) is 0 Å². The summed E-state index contributed by atoms with van der Waals surface area (Å²) in [6.45, 7) is 7.73. The van der Waals surface area contributed by atoms with Crippen molar-refractivity contribution in [1.82, 2.24) is 4.90 Å². The summed E-state index contributed by atoms with van der Waals surface area (Å²) in [5, 5.41) is 10.8. The fourth-order valence-corrected chi connectivity index (χ4v) is 5.30. The lowest BCUT2D eigenvalue weighted by Crippen LogP contribution is -2.49. The zero-order valence-corrected chi connectivity index (χ0v) is 18.3. The molecule has 0 amide bonds. The van der Waals surface area contributed by atoms with Crippen LogP contribution in [-0.4, -0.2) is 41.3 Å². The highest BCUT2D eigenvalue weighted by atomic mass is 16.5. The van der Waals surface area contributed by atoms with Crippen LogP contribution in [0.15, 0.2) is 18.2 Å². The molecule has 2 aliphatic rings. The number of ether oxygens (including phenoxy) is 1. The van der Waals surface area contributed by atoms with Crippen molar-refractivity contribution in [2.45, 2.75) is 109 Å². The van der Waals surface area contributed by atoms with Crippen LogP contribution >= 0.6 is 0 Å². The van der Waals surface area contributed by atoms with Crippen molar-refractivity contribution in [2.75, 3.05) is 13.2 Å². The molecule has 0 radical (unpaired) electrons. The second-order valence-corrected chi connectivity index (χ2v) is 9.42. The van der Waals surface area contributed by atoms with Gasteiger partial charge in [0.15, 0.2) is 0 Å². The van der Waals surface area contributed by atoms with Gasteiger partial charge in [0.05, 0.1) is 0 Å². The summed E-state index contributed by atoms with van der Waals surface area (Å²) in [7, 11) is 0. The Kier molecular flexibility index (Phi) is 8.23. The first-order valence-corrected chi connectivity index (χ1v) is 11.7. The Morgan fingerprint density at radius 3 is 2.04 bits per heavy atom. The Balaban J connectivity index is 1.56. The second-order valence-electron chi connectivity index (χ2n) is 9.42. The van der Waals surface area contributed by atoms with E-state index in [-0.39, 0.29) is 0 Å². The smallest absolute Gasteiger partial charge is 0.119 e. The number of aliphatic hydroxyl groups is 1. The Bertz CT molecular complexity index is 570. The molecule has 1 N–H and O–H groups in total. The van der Waals surface area contributed by atoms with E-state index in [2.05, 4.69) is 43.9 Å². The summed E-state index contributed by atoms with van der Waals surface area (Å²) in [6.07, 6.45) is 13.0. The molecule has 2 saturated carbocycles. The number of hydrogen-bond donors (Lipinski definition) is 1. The maximum absolute atomic E-state index is 10.8. The highest BCUT2D eigenvalue weighted by Gasteiger charge is 2.30. The molecular weight excluding hydrogens is 346 g/mol. The van der Waals surface area contributed by atoms with Crippen LogP contribution in [0.1, 0.15) is 95.1 Å². The summed E-state index contributed by atoms with van der Waals surface area (Å²) >= 11 is 0. The summed E-state index contributed by atoms with van der Waals surface area (Å²) in [5.41, 5.74) is 2.64. The van der Waals surface area contributed by atoms with Gasteiger partial charge in [0.1, 0.15) is 18.5 Å². The number of rotatable bonds is 8. The van der Waals surface area contributed by atoms with Gasteiger partial charge in [-0.15, -0.1) is 0 Å². The molecule has 28 heavy (non-hydrogen) atoms. The van der Waals surface area contributed by atoms with Crippen LogP contribution in [0.4, 0.5) is 0 Å². The average Bonchev–Trinajstić information content (AvgIpc) is 2.71. The van der Waals surface area contributed by atoms with Gasteiger partial charge in [-0.25, -0.2) is 0 Å². The van der Waals surface area contributed by atoms with E-state index in [4.69, 9.17) is 4.74 Å². The molecule has 158 valence electrons. The van der Waals surface area contributed by atoms with Gasteiger partial charge in [0, 0.05) is 18.6 Å². The predicted molar refractivity (Wildman–Crippen MR) is 117 cm³/mol. The van der Waals surface area contributed by atoms with Gasteiger partial charge in [-0.1, -0.05) is 58.4 Å². The molecule has 0 bridgehead atoms. The van der Waals surface area contributed by atoms with E-state index < -0.39 is 6.10 Å². The number of aryl methyl sites for hydroxylation is 1. The quantitative estimate of drug-likeness (QED) is 0.609. The van der Waals surface area contributed by atoms with E-state index in [1.807, 2.05) is 0 Å². The third kappa shape index (κ3) is 5.97. The van der Waals surface area contributed by atoms with Gasteiger partial charge in [-0.05, 0) is 61.8 Å². The molecule has 1 atom stereocenters. The molecule has 2 aliphatic carbocycles. The maximum Gasteiger partial charge on any atom is 0.119 e. The molecule has 1 aromatic carbocycles. The van der Waals surface area contributed by atoms with Gasteiger partial charge >= 0.3 is 0 Å². The van der Waals surface area contributed by atoms with Gasteiger partial charge < -0.3 is 9.84 Å². The minimum Gasteiger partial charge on any atom is -0.491 e. The van der Waals surface area contributed by atoms with E-state index in [1.54, 1.807) is 0 Å². The molecule has 0 spiro atoms. The number of aliphatic hydroxyl groups excluding tert-OH is 1. The lowest BCUT2D eigenvalue weighted by Gasteiger charge is -2.42. The second kappa shape index (κ2) is 10.6. The van der Waals surface area contributed by atoms with E-state index in [0.717, 1.165) is 12.3 Å². The third-order valence-corrected chi connectivity index (χ3v) is 6.81. The summed E-state index contributed by atoms with van der Waals surface area (Å²) in [4.78, 5) is 2.67. The van der Waals surface area contributed by atoms with Gasteiger partial charge in [0.2, 0.25) is 0 Å². The summed E-state index contributed by atoms with van der Waals surface area (Å²) in [6, 6.07) is 7.66. The molecule has 2 fully saturated rings. The molecule has 0 heterocycles. The SMILES string of the molecule is Cc1cc(OC[C@H](O)CN(C2CCCCC2)C2CCCCC2)ccc1C(C)C. The van der Waals surface area contributed by atoms with Crippen LogP contribution in [0.25, 0.3) is 0 Å². The normalized spacial score (nSPS) is 20.6. The molecule has 3 rings (SSSR count). The largest absolute Gasteiger partial charge is 0.491 e. The number of nitrogens with zero attached hydrogens (tertiary/aromatic N) is 1. The number of benzene rings is 1. The van der Waals surface area contributed by atoms with Crippen LogP contribution < -0.4 is 4.74 Å². The maximum atomic E-state index is 10.8. The summed E-state index contributed by atoms with van der Waals surface area (Å²) in [5.74, 6) is 1.40. The molecule has 1 aromatic rings.